The van der Waals surface area contributed by atoms with Crippen molar-refractivity contribution in [3.05, 3.63) is 87.8 Å². The van der Waals surface area contributed by atoms with Gasteiger partial charge in [-0.3, -0.25) is 14.3 Å². The second-order valence-electron chi connectivity index (χ2n) is 7.25. The van der Waals surface area contributed by atoms with Crippen LogP contribution >= 0.6 is 0 Å². The fraction of sp³-hybridized carbons (Fsp3) is 0.174. The zero-order valence-corrected chi connectivity index (χ0v) is 16.6. The molecule has 4 rings (SSSR count). The first-order chi connectivity index (χ1) is 13.9. The van der Waals surface area contributed by atoms with Crippen molar-refractivity contribution < 1.29 is 4.79 Å². The Hall–Kier alpha value is -3.67. The Morgan fingerprint density at radius 1 is 1.00 bits per heavy atom. The highest BCUT2D eigenvalue weighted by Gasteiger charge is 2.18. The normalized spacial score (nSPS) is 11.0. The van der Waals surface area contributed by atoms with Gasteiger partial charge in [-0.25, -0.2) is 9.67 Å². The molecule has 4 aromatic rings. The van der Waals surface area contributed by atoms with E-state index in [4.69, 9.17) is 0 Å². The Kier molecular flexibility index (Phi) is 4.76. The minimum Gasteiger partial charge on any atom is -0.324 e. The molecule has 2 aromatic carbocycles. The topological polar surface area (TPSA) is 68.9 Å². The minimum atomic E-state index is -0.222. The van der Waals surface area contributed by atoms with Crippen LogP contribution in [-0.4, -0.2) is 20.3 Å². The van der Waals surface area contributed by atoms with Crippen molar-refractivity contribution in [3.8, 4) is 5.69 Å². The van der Waals surface area contributed by atoms with E-state index in [-0.39, 0.29) is 18.0 Å². The summed E-state index contributed by atoms with van der Waals surface area (Å²) in [6.07, 6.45) is 1.62. The second kappa shape index (κ2) is 7.39. The van der Waals surface area contributed by atoms with Crippen molar-refractivity contribution in [2.45, 2.75) is 27.3 Å². The molecule has 0 aliphatic heterocycles. The average Bonchev–Trinajstić information content (AvgIpc) is 2.97. The lowest BCUT2D eigenvalue weighted by Crippen LogP contribution is -2.27. The third-order valence-corrected chi connectivity index (χ3v) is 4.92. The zero-order chi connectivity index (χ0) is 20.5. The predicted octanol–water partition coefficient (Wildman–Crippen LogP) is 3.75. The van der Waals surface area contributed by atoms with Gasteiger partial charge in [0.2, 0.25) is 5.91 Å². The summed E-state index contributed by atoms with van der Waals surface area (Å²) in [6, 6.07) is 16.9. The number of carbonyl (C=O) groups is 1. The Labute approximate surface area is 168 Å². The Bertz CT molecular complexity index is 1270. The number of fused-ring (bicyclic) bond motifs is 1. The predicted molar refractivity (Wildman–Crippen MR) is 115 cm³/mol. The Morgan fingerprint density at radius 2 is 1.72 bits per heavy atom. The fourth-order valence-electron chi connectivity index (χ4n) is 3.46. The maximum Gasteiger partial charge on any atom is 0.280 e. The number of carbonyl (C=O) groups excluding carboxylic acids is 1. The van der Waals surface area contributed by atoms with E-state index in [1.165, 1.54) is 4.68 Å². The van der Waals surface area contributed by atoms with Gasteiger partial charge in [-0.1, -0.05) is 35.4 Å². The van der Waals surface area contributed by atoms with Crippen LogP contribution in [0.5, 0.6) is 0 Å². The molecule has 2 aromatic heterocycles. The van der Waals surface area contributed by atoms with E-state index in [2.05, 4.69) is 10.3 Å². The highest BCUT2D eigenvalue weighted by Crippen LogP contribution is 2.17. The van der Waals surface area contributed by atoms with Gasteiger partial charge < -0.3 is 5.32 Å². The van der Waals surface area contributed by atoms with Gasteiger partial charge in [-0.15, -0.1) is 0 Å². The minimum absolute atomic E-state index is 0.0308. The molecule has 2 heterocycles. The molecule has 0 aliphatic carbocycles. The molecule has 6 nitrogen and oxygen atoms in total. The van der Waals surface area contributed by atoms with Crippen LogP contribution in [0.25, 0.3) is 16.7 Å². The molecule has 6 heteroatoms. The number of nitrogens with one attached hydrogen (secondary N) is 1. The summed E-state index contributed by atoms with van der Waals surface area (Å²) in [5.74, 6) is -0.222. The SMILES string of the molecule is Cc1ccc(-n2c(=O)c3cccnc3n2CC(=O)Nc2ccc(C)cc2C)cc1. The van der Waals surface area contributed by atoms with E-state index in [0.29, 0.717) is 16.7 Å². The maximum atomic E-state index is 13.0. The largest absolute Gasteiger partial charge is 0.324 e. The van der Waals surface area contributed by atoms with Gasteiger partial charge in [0, 0.05) is 11.9 Å². The number of anilines is 1. The number of hydrogen-bond donors (Lipinski definition) is 1. The molecule has 0 unspecified atom stereocenters. The maximum absolute atomic E-state index is 13.0. The number of benzene rings is 2. The van der Waals surface area contributed by atoms with E-state index in [0.717, 1.165) is 22.4 Å². The summed E-state index contributed by atoms with van der Waals surface area (Å²) >= 11 is 0. The summed E-state index contributed by atoms with van der Waals surface area (Å²) in [7, 11) is 0. The van der Waals surface area contributed by atoms with Crippen LogP contribution in [0.1, 0.15) is 16.7 Å². The van der Waals surface area contributed by atoms with Crippen LogP contribution < -0.4 is 10.9 Å². The van der Waals surface area contributed by atoms with Gasteiger partial charge in [0.25, 0.3) is 5.56 Å². The molecule has 0 aliphatic rings. The number of hydrogen-bond acceptors (Lipinski definition) is 3. The van der Waals surface area contributed by atoms with Crippen LogP contribution in [0.2, 0.25) is 0 Å². The molecule has 0 radical (unpaired) electrons. The number of rotatable bonds is 4. The summed E-state index contributed by atoms with van der Waals surface area (Å²) in [6.45, 7) is 5.92. The lowest BCUT2D eigenvalue weighted by molar-refractivity contribution is -0.116. The number of pyridine rings is 1. The van der Waals surface area contributed by atoms with E-state index >= 15 is 0 Å². The highest BCUT2D eigenvalue weighted by molar-refractivity contribution is 5.92. The lowest BCUT2D eigenvalue weighted by atomic mass is 10.1. The molecule has 1 amide bonds. The first-order valence-electron chi connectivity index (χ1n) is 9.45. The summed E-state index contributed by atoms with van der Waals surface area (Å²) in [5.41, 5.74) is 4.95. The first-order valence-corrected chi connectivity index (χ1v) is 9.45. The molecule has 0 atom stereocenters. The molecule has 0 spiro atoms. The standard InChI is InChI=1S/C23H22N4O2/c1-15-6-9-18(10-7-15)27-23(29)19-5-4-12-24-22(19)26(27)14-21(28)25-20-11-8-16(2)13-17(20)3/h4-13H,14H2,1-3H3,(H,25,28). The number of amides is 1. The van der Waals surface area contributed by atoms with Gasteiger partial charge in [0.05, 0.1) is 11.1 Å². The van der Waals surface area contributed by atoms with Gasteiger partial charge in [0.15, 0.2) is 5.65 Å². The van der Waals surface area contributed by atoms with E-state index in [1.54, 1.807) is 23.0 Å². The fourth-order valence-corrected chi connectivity index (χ4v) is 3.46. The summed E-state index contributed by atoms with van der Waals surface area (Å²) < 4.78 is 3.14. The van der Waals surface area contributed by atoms with Crippen LogP contribution in [0.3, 0.4) is 0 Å². The quantitative estimate of drug-likeness (QED) is 0.581. The van der Waals surface area contributed by atoms with Gasteiger partial charge >= 0.3 is 0 Å². The Balaban J connectivity index is 1.76. The first kappa shape index (κ1) is 18.7. The van der Waals surface area contributed by atoms with Crippen molar-refractivity contribution in [2.75, 3.05) is 5.32 Å². The Morgan fingerprint density at radius 3 is 2.45 bits per heavy atom. The molecule has 0 saturated heterocycles. The van der Waals surface area contributed by atoms with Gasteiger partial charge in [-0.2, -0.15) is 0 Å². The van der Waals surface area contributed by atoms with Crippen LogP contribution in [0, 0.1) is 20.8 Å². The van der Waals surface area contributed by atoms with E-state index in [1.807, 2.05) is 63.2 Å². The molecule has 0 bridgehead atoms. The molecular formula is C23H22N4O2. The van der Waals surface area contributed by atoms with Crippen LogP contribution in [0.4, 0.5) is 5.69 Å². The van der Waals surface area contributed by atoms with Crippen molar-refractivity contribution in [2.24, 2.45) is 0 Å². The van der Waals surface area contributed by atoms with Crippen molar-refractivity contribution in [1.82, 2.24) is 14.3 Å². The zero-order valence-electron chi connectivity index (χ0n) is 16.6. The molecule has 0 fully saturated rings. The monoisotopic (exact) mass is 386 g/mol. The number of nitrogens with zero attached hydrogens (tertiary/aromatic N) is 3. The lowest BCUT2D eigenvalue weighted by Gasteiger charge is -2.14. The summed E-state index contributed by atoms with van der Waals surface area (Å²) in [5, 5.41) is 3.42. The van der Waals surface area contributed by atoms with Crippen molar-refractivity contribution in [1.29, 1.82) is 0 Å². The molecular weight excluding hydrogens is 364 g/mol. The van der Waals surface area contributed by atoms with E-state index < -0.39 is 0 Å². The smallest absolute Gasteiger partial charge is 0.280 e. The summed E-state index contributed by atoms with van der Waals surface area (Å²) in [4.78, 5) is 30.2. The number of aryl methyl sites for hydroxylation is 3. The van der Waals surface area contributed by atoms with Gasteiger partial charge in [0.1, 0.15) is 6.54 Å². The van der Waals surface area contributed by atoms with Crippen LogP contribution in [-0.2, 0) is 11.3 Å². The third-order valence-electron chi connectivity index (χ3n) is 4.92. The highest BCUT2D eigenvalue weighted by atomic mass is 16.2. The van der Waals surface area contributed by atoms with Crippen LogP contribution in [0.15, 0.2) is 65.6 Å². The molecule has 146 valence electrons. The van der Waals surface area contributed by atoms with E-state index in [9.17, 15) is 9.59 Å². The molecule has 1 N–H and O–H groups in total. The van der Waals surface area contributed by atoms with Gasteiger partial charge in [-0.05, 0) is 56.7 Å². The number of aromatic nitrogens is 3. The molecule has 0 saturated carbocycles. The van der Waals surface area contributed by atoms with Crippen molar-refractivity contribution in [3.63, 3.8) is 0 Å². The molecule has 29 heavy (non-hydrogen) atoms. The average molecular weight is 386 g/mol. The van der Waals surface area contributed by atoms with Crippen molar-refractivity contribution >= 4 is 22.6 Å². The third kappa shape index (κ3) is 3.57. The second-order valence-corrected chi connectivity index (χ2v) is 7.25.